The van der Waals surface area contributed by atoms with E-state index in [1.807, 2.05) is 33.8 Å². The van der Waals surface area contributed by atoms with Crippen molar-refractivity contribution in [3.8, 4) is 0 Å². The lowest BCUT2D eigenvalue weighted by Gasteiger charge is -2.26. The van der Waals surface area contributed by atoms with Gasteiger partial charge in [-0.25, -0.2) is 0 Å². The summed E-state index contributed by atoms with van der Waals surface area (Å²) >= 11 is 12.1. The van der Waals surface area contributed by atoms with Gasteiger partial charge in [0.05, 0.1) is 23.8 Å². The number of ether oxygens (including phenoxy) is 3. The molecule has 112 valence electrons. The largest absolute Gasteiger partial charge is 0.373 e. The molecule has 0 saturated carbocycles. The molecule has 1 heterocycles. The molecular formula is C15H20Cl2O3. The second-order valence-corrected chi connectivity index (χ2v) is 6.89. The third-order valence-corrected chi connectivity index (χ3v) is 3.61. The summed E-state index contributed by atoms with van der Waals surface area (Å²) < 4.78 is 17.5. The van der Waals surface area contributed by atoms with Crippen LogP contribution in [0.2, 0.25) is 10.0 Å². The van der Waals surface area contributed by atoms with Crippen LogP contribution in [0.5, 0.6) is 0 Å². The fourth-order valence-corrected chi connectivity index (χ4v) is 2.64. The van der Waals surface area contributed by atoms with E-state index in [1.165, 1.54) is 0 Å². The molecule has 1 aromatic carbocycles. The highest BCUT2D eigenvalue weighted by atomic mass is 35.5. The summed E-state index contributed by atoms with van der Waals surface area (Å²) in [6.07, 6.45) is -0.106. The molecule has 0 spiro atoms. The van der Waals surface area contributed by atoms with Gasteiger partial charge in [0.1, 0.15) is 6.10 Å². The molecule has 3 nitrogen and oxygen atoms in total. The summed E-state index contributed by atoms with van der Waals surface area (Å²) in [5, 5.41) is 1.13. The first-order valence-corrected chi connectivity index (χ1v) is 7.36. The van der Waals surface area contributed by atoms with Gasteiger partial charge in [0.25, 0.3) is 0 Å². The van der Waals surface area contributed by atoms with Crippen LogP contribution in [0, 0.1) is 0 Å². The van der Waals surface area contributed by atoms with Crippen molar-refractivity contribution in [3.63, 3.8) is 0 Å². The second-order valence-electron chi connectivity index (χ2n) is 6.04. The molecule has 1 aromatic rings. The van der Waals surface area contributed by atoms with E-state index in [-0.39, 0.29) is 11.7 Å². The van der Waals surface area contributed by atoms with Crippen molar-refractivity contribution < 1.29 is 14.2 Å². The molecule has 0 aliphatic carbocycles. The minimum Gasteiger partial charge on any atom is -0.373 e. The third-order valence-electron chi connectivity index (χ3n) is 3.06. The Balaban J connectivity index is 2.06. The Hall–Kier alpha value is -0.320. The number of rotatable bonds is 3. The molecule has 0 radical (unpaired) electrons. The quantitative estimate of drug-likeness (QED) is 0.826. The summed E-state index contributed by atoms with van der Waals surface area (Å²) in [6, 6.07) is 5.30. The van der Waals surface area contributed by atoms with Crippen LogP contribution in [-0.2, 0) is 20.0 Å². The number of hydrogen-bond acceptors (Lipinski definition) is 3. The van der Waals surface area contributed by atoms with E-state index in [9.17, 15) is 0 Å². The average molecular weight is 319 g/mol. The van der Waals surface area contributed by atoms with Gasteiger partial charge in [-0.05, 0) is 39.8 Å². The normalized spacial score (nSPS) is 27.0. The summed E-state index contributed by atoms with van der Waals surface area (Å²) in [4.78, 5) is 0. The minimum atomic E-state index is -0.854. The smallest absolute Gasteiger partial charge is 0.194 e. The van der Waals surface area contributed by atoms with Crippen molar-refractivity contribution in [2.75, 3.05) is 13.2 Å². The van der Waals surface area contributed by atoms with Gasteiger partial charge < -0.3 is 14.2 Å². The van der Waals surface area contributed by atoms with E-state index in [0.717, 1.165) is 5.56 Å². The maximum atomic E-state index is 6.22. The van der Waals surface area contributed by atoms with Crippen LogP contribution in [0.1, 0.15) is 33.3 Å². The number of benzene rings is 1. The van der Waals surface area contributed by atoms with Crippen molar-refractivity contribution in [2.45, 2.75) is 45.2 Å². The van der Waals surface area contributed by atoms with E-state index >= 15 is 0 Å². The zero-order valence-corrected chi connectivity index (χ0v) is 13.7. The molecule has 1 fully saturated rings. The minimum absolute atomic E-state index is 0.106. The van der Waals surface area contributed by atoms with Gasteiger partial charge in [0.2, 0.25) is 0 Å². The lowest BCUT2D eigenvalue weighted by molar-refractivity contribution is -0.172. The SMILES string of the molecule is CC(C)(C)OC[C@@H]1CO[C@](C)(c2ccc(Cl)cc2Cl)O1. The molecule has 0 unspecified atom stereocenters. The zero-order valence-electron chi connectivity index (χ0n) is 12.2. The standard InChI is InChI=1S/C15H20Cl2O3/c1-14(2,3)18-8-11-9-19-15(4,20-11)12-6-5-10(16)7-13(12)17/h5-7,11H,8-9H2,1-4H3/t11-,15+/m1/s1. The average Bonchev–Trinajstić information content (AvgIpc) is 2.68. The van der Waals surface area contributed by atoms with Gasteiger partial charge in [0.15, 0.2) is 5.79 Å². The van der Waals surface area contributed by atoms with Gasteiger partial charge in [-0.3, -0.25) is 0 Å². The fraction of sp³-hybridized carbons (Fsp3) is 0.600. The predicted octanol–water partition coefficient (Wildman–Crippen LogP) is 4.40. The van der Waals surface area contributed by atoms with Crippen molar-refractivity contribution in [1.29, 1.82) is 0 Å². The molecule has 0 amide bonds. The van der Waals surface area contributed by atoms with Gasteiger partial charge in [0, 0.05) is 10.6 Å². The first-order chi connectivity index (χ1) is 9.20. The molecular weight excluding hydrogens is 299 g/mol. The predicted molar refractivity (Wildman–Crippen MR) is 80.3 cm³/mol. The van der Waals surface area contributed by atoms with Crippen LogP contribution < -0.4 is 0 Å². The van der Waals surface area contributed by atoms with E-state index in [4.69, 9.17) is 37.4 Å². The zero-order chi connectivity index (χ0) is 15.0. The van der Waals surface area contributed by atoms with Gasteiger partial charge in [-0.1, -0.05) is 29.3 Å². The van der Waals surface area contributed by atoms with Crippen molar-refractivity contribution in [3.05, 3.63) is 33.8 Å². The molecule has 2 atom stereocenters. The maximum absolute atomic E-state index is 6.22. The molecule has 1 saturated heterocycles. The monoisotopic (exact) mass is 318 g/mol. The molecule has 20 heavy (non-hydrogen) atoms. The van der Waals surface area contributed by atoms with E-state index in [0.29, 0.717) is 23.3 Å². The van der Waals surface area contributed by atoms with Crippen LogP contribution in [0.15, 0.2) is 18.2 Å². The maximum Gasteiger partial charge on any atom is 0.194 e. The highest BCUT2D eigenvalue weighted by Crippen LogP contribution is 2.38. The van der Waals surface area contributed by atoms with Crippen LogP contribution in [-0.4, -0.2) is 24.9 Å². The van der Waals surface area contributed by atoms with Crippen LogP contribution in [0.25, 0.3) is 0 Å². The third kappa shape index (κ3) is 3.86. The molecule has 0 bridgehead atoms. The summed E-state index contributed by atoms with van der Waals surface area (Å²) in [5.41, 5.74) is 0.585. The Labute approximate surface area is 130 Å². The lowest BCUT2D eigenvalue weighted by atomic mass is 10.1. The first kappa shape index (κ1) is 16.1. The van der Waals surface area contributed by atoms with Gasteiger partial charge in [-0.2, -0.15) is 0 Å². The Bertz CT molecular complexity index is 484. The molecule has 5 heteroatoms. The Morgan fingerprint density at radius 2 is 2.05 bits per heavy atom. The molecule has 0 aromatic heterocycles. The Kier molecular flexibility index (Phi) is 4.67. The Morgan fingerprint density at radius 1 is 1.35 bits per heavy atom. The topological polar surface area (TPSA) is 27.7 Å². The molecule has 1 aliphatic heterocycles. The van der Waals surface area contributed by atoms with E-state index in [2.05, 4.69) is 0 Å². The molecule has 2 rings (SSSR count). The highest BCUT2D eigenvalue weighted by molar-refractivity contribution is 6.35. The van der Waals surface area contributed by atoms with Crippen LogP contribution in [0.3, 0.4) is 0 Å². The van der Waals surface area contributed by atoms with Crippen molar-refractivity contribution in [2.24, 2.45) is 0 Å². The van der Waals surface area contributed by atoms with Crippen LogP contribution in [0.4, 0.5) is 0 Å². The summed E-state index contributed by atoms with van der Waals surface area (Å²) in [7, 11) is 0. The van der Waals surface area contributed by atoms with Gasteiger partial charge >= 0.3 is 0 Å². The van der Waals surface area contributed by atoms with Crippen molar-refractivity contribution >= 4 is 23.2 Å². The van der Waals surface area contributed by atoms with Crippen molar-refractivity contribution in [1.82, 2.24) is 0 Å². The highest BCUT2D eigenvalue weighted by Gasteiger charge is 2.40. The summed E-state index contributed by atoms with van der Waals surface area (Å²) in [6.45, 7) is 8.86. The second kappa shape index (κ2) is 5.82. The number of halogens is 2. The first-order valence-electron chi connectivity index (χ1n) is 6.61. The summed E-state index contributed by atoms with van der Waals surface area (Å²) in [5.74, 6) is -0.854. The molecule has 0 N–H and O–H groups in total. The fourth-order valence-electron chi connectivity index (χ4n) is 2.06. The van der Waals surface area contributed by atoms with E-state index < -0.39 is 5.79 Å². The lowest BCUT2D eigenvalue weighted by Crippen LogP contribution is -2.29. The van der Waals surface area contributed by atoms with Crippen LogP contribution >= 0.6 is 23.2 Å². The Morgan fingerprint density at radius 3 is 2.65 bits per heavy atom. The number of hydrogen-bond donors (Lipinski definition) is 0. The molecule has 1 aliphatic rings. The van der Waals surface area contributed by atoms with Gasteiger partial charge in [-0.15, -0.1) is 0 Å². The van der Waals surface area contributed by atoms with E-state index in [1.54, 1.807) is 12.1 Å².